The molecule has 11 nitrogen and oxygen atoms in total. The van der Waals surface area contributed by atoms with Gasteiger partial charge in [0.1, 0.15) is 23.9 Å². The number of nitrogens with zero attached hydrogens (tertiary/aromatic N) is 4. The van der Waals surface area contributed by atoms with Gasteiger partial charge < -0.3 is 29.0 Å². The minimum atomic E-state index is -3.51. The van der Waals surface area contributed by atoms with E-state index in [1.54, 1.807) is 18.5 Å². The Morgan fingerprint density at radius 1 is 1.18 bits per heavy atom. The number of anilines is 1. The average molecular weight is 491 g/mol. The highest BCUT2D eigenvalue weighted by molar-refractivity contribution is 7.57. The number of ether oxygens (including phenoxy) is 3. The van der Waals surface area contributed by atoms with Crippen molar-refractivity contribution in [2.24, 2.45) is 5.92 Å². The van der Waals surface area contributed by atoms with E-state index in [0.717, 1.165) is 0 Å². The molecule has 3 N–H and O–H groups in total. The van der Waals surface area contributed by atoms with Gasteiger partial charge in [-0.2, -0.15) is 0 Å². The molecule has 0 spiro atoms. The Kier molecular flexibility index (Phi) is 7.80. The number of rotatable bonds is 11. The predicted molar refractivity (Wildman–Crippen MR) is 127 cm³/mol. The fraction of sp³-hybridized carbons (Fsp3) is 0.500. The molecule has 1 unspecified atom stereocenters. The summed E-state index contributed by atoms with van der Waals surface area (Å²) < 4.78 is 39.2. The molecule has 3 aromatic rings. The monoisotopic (exact) mass is 490 g/mol. The highest BCUT2D eigenvalue weighted by Crippen LogP contribution is 2.45. The van der Waals surface area contributed by atoms with Crippen molar-refractivity contribution < 1.29 is 23.3 Å². The van der Waals surface area contributed by atoms with E-state index in [1.807, 2.05) is 43.5 Å². The van der Waals surface area contributed by atoms with E-state index in [4.69, 9.17) is 24.5 Å². The summed E-state index contributed by atoms with van der Waals surface area (Å²) in [5.41, 5.74) is 7.02. The number of aromatic nitrogens is 4. The molecule has 0 radical (unpaired) electrons. The summed E-state index contributed by atoms with van der Waals surface area (Å²) in [5.74, 6) is 0.882. The number of para-hydroxylation sites is 1. The van der Waals surface area contributed by atoms with Gasteiger partial charge in [0.05, 0.1) is 38.2 Å². The normalized spacial score (nSPS) is 18.2. The molecule has 0 amide bonds. The highest BCUT2D eigenvalue weighted by atomic mass is 31.2. The SMILES string of the molecule is CC(C)[C@H](NP(=O)(CO[C@H](C)Cn1cnc2c(N)ncnc21)Oc1ccccc1)C1OCCO1. The van der Waals surface area contributed by atoms with Crippen molar-refractivity contribution in [2.45, 2.75) is 45.8 Å². The maximum atomic E-state index is 14.0. The van der Waals surface area contributed by atoms with Crippen LogP contribution in [0.3, 0.4) is 0 Å². The molecule has 34 heavy (non-hydrogen) atoms. The number of benzene rings is 1. The average Bonchev–Trinajstić information content (AvgIpc) is 3.48. The Hall–Kier alpha value is -2.56. The van der Waals surface area contributed by atoms with E-state index in [1.165, 1.54) is 6.33 Å². The molecule has 0 saturated carbocycles. The molecule has 1 aliphatic rings. The lowest BCUT2D eigenvalue weighted by molar-refractivity contribution is -0.0730. The molecule has 1 aliphatic heterocycles. The van der Waals surface area contributed by atoms with Crippen LogP contribution in [-0.4, -0.2) is 57.5 Å². The molecule has 0 bridgehead atoms. The molecule has 12 heteroatoms. The van der Waals surface area contributed by atoms with Gasteiger partial charge in [-0.25, -0.2) is 20.0 Å². The molecular formula is C22H31N6O5P. The molecule has 1 fully saturated rings. The molecule has 1 aromatic carbocycles. The first-order valence-corrected chi connectivity index (χ1v) is 13.0. The van der Waals surface area contributed by atoms with E-state index in [-0.39, 0.29) is 24.4 Å². The van der Waals surface area contributed by atoms with Crippen LogP contribution in [0, 0.1) is 5.92 Å². The van der Waals surface area contributed by atoms with E-state index < -0.39 is 13.8 Å². The van der Waals surface area contributed by atoms with E-state index in [0.29, 0.717) is 42.5 Å². The van der Waals surface area contributed by atoms with Crippen molar-refractivity contribution in [3.05, 3.63) is 43.0 Å². The van der Waals surface area contributed by atoms with Gasteiger partial charge in [0.15, 0.2) is 17.8 Å². The van der Waals surface area contributed by atoms with Crippen molar-refractivity contribution in [1.29, 1.82) is 0 Å². The largest absolute Gasteiger partial charge is 0.431 e. The Morgan fingerprint density at radius 2 is 1.91 bits per heavy atom. The van der Waals surface area contributed by atoms with Gasteiger partial charge in [0.2, 0.25) is 0 Å². The summed E-state index contributed by atoms with van der Waals surface area (Å²) in [6.07, 6.45) is 2.05. The summed E-state index contributed by atoms with van der Waals surface area (Å²) >= 11 is 0. The second kappa shape index (κ2) is 10.8. The second-order valence-corrected chi connectivity index (χ2v) is 10.6. The first-order valence-electron chi connectivity index (χ1n) is 11.2. The molecule has 1 saturated heterocycles. The topological polar surface area (TPSA) is 136 Å². The minimum absolute atomic E-state index is 0.0793. The van der Waals surface area contributed by atoms with E-state index >= 15 is 0 Å². The summed E-state index contributed by atoms with van der Waals surface area (Å²) in [4.78, 5) is 12.5. The summed E-state index contributed by atoms with van der Waals surface area (Å²) in [5, 5.41) is 3.17. The maximum absolute atomic E-state index is 14.0. The number of nitrogens with two attached hydrogens (primary N) is 1. The zero-order chi connectivity index (χ0) is 24.1. The van der Waals surface area contributed by atoms with Gasteiger partial charge in [-0.15, -0.1) is 0 Å². The summed E-state index contributed by atoms with van der Waals surface area (Å²) in [7, 11) is -3.51. The number of nitrogen functional groups attached to an aromatic ring is 1. The Bertz CT molecular complexity index is 1120. The van der Waals surface area contributed by atoms with Gasteiger partial charge in [-0.05, 0) is 25.0 Å². The number of imidazole rings is 1. The van der Waals surface area contributed by atoms with Gasteiger partial charge >= 0.3 is 7.52 Å². The Balaban J connectivity index is 1.48. The fourth-order valence-electron chi connectivity index (χ4n) is 3.66. The van der Waals surface area contributed by atoms with Crippen LogP contribution in [0.4, 0.5) is 5.82 Å². The smallest absolute Gasteiger partial charge is 0.342 e. The number of nitrogens with one attached hydrogen (secondary N) is 1. The van der Waals surface area contributed by atoms with Crippen LogP contribution in [-0.2, 0) is 25.3 Å². The van der Waals surface area contributed by atoms with Gasteiger partial charge in [-0.3, -0.25) is 4.57 Å². The van der Waals surface area contributed by atoms with Crippen LogP contribution < -0.4 is 15.3 Å². The quantitative estimate of drug-likeness (QED) is 0.386. The summed E-state index contributed by atoms with van der Waals surface area (Å²) in [6.45, 7) is 7.33. The number of hydrogen-bond acceptors (Lipinski definition) is 9. The summed E-state index contributed by atoms with van der Waals surface area (Å²) in [6, 6.07) is 8.69. The Labute approximate surface area is 198 Å². The first kappa shape index (κ1) is 24.6. The van der Waals surface area contributed by atoms with Gasteiger partial charge in [0, 0.05) is 0 Å². The number of fused-ring (bicyclic) bond motifs is 1. The van der Waals surface area contributed by atoms with Crippen LogP contribution in [0.5, 0.6) is 5.75 Å². The molecular weight excluding hydrogens is 459 g/mol. The molecule has 184 valence electrons. The zero-order valence-electron chi connectivity index (χ0n) is 19.5. The standard InChI is InChI=1S/C22H31N6O5P/c1-15(2)18(22-30-9-10-31-22)27-34(29,33-17-7-5-4-6-8-17)14-32-16(3)11-28-13-26-19-20(23)24-12-25-21(19)28/h4-8,12-13,15-16,18,22H,9-11,14H2,1-3H3,(H,27,29)(H2,23,24,25)/t16-,18+,34?/m1/s1. The predicted octanol–water partition coefficient (Wildman–Crippen LogP) is 3.03. The van der Waals surface area contributed by atoms with Crippen LogP contribution >= 0.6 is 7.52 Å². The lowest BCUT2D eigenvalue weighted by Crippen LogP contribution is -2.44. The Morgan fingerprint density at radius 3 is 2.62 bits per heavy atom. The zero-order valence-corrected chi connectivity index (χ0v) is 20.4. The van der Waals surface area contributed by atoms with E-state index in [9.17, 15) is 4.57 Å². The van der Waals surface area contributed by atoms with Crippen LogP contribution in [0.1, 0.15) is 20.8 Å². The second-order valence-electron chi connectivity index (χ2n) is 8.52. The first-order chi connectivity index (χ1) is 16.3. The van der Waals surface area contributed by atoms with Crippen LogP contribution in [0.2, 0.25) is 0 Å². The third kappa shape index (κ3) is 5.92. The van der Waals surface area contributed by atoms with Crippen molar-refractivity contribution >= 4 is 24.5 Å². The molecule has 2 aromatic heterocycles. The van der Waals surface area contributed by atoms with E-state index in [2.05, 4.69) is 20.0 Å². The minimum Gasteiger partial charge on any atom is -0.431 e. The number of hydrogen-bond donors (Lipinski definition) is 2. The maximum Gasteiger partial charge on any atom is 0.342 e. The molecule has 3 atom stereocenters. The molecule has 4 rings (SSSR count). The highest BCUT2D eigenvalue weighted by Gasteiger charge is 2.37. The molecule has 0 aliphatic carbocycles. The van der Waals surface area contributed by atoms with Crippen molar-refractivity contribution in [2.75, 3.05) is 25.3 Å². The lowest BCUT2D eigenvalue weighted by atomic mass is 10.1. The lowest BCUT2D eigenvalue weighted by Gasteiger charge is -2.31. The van der Waals surface area contributed by atoms with Gasteiger partial charge in [0.25, 0.3) is 0 Å². The van der Waals surface area contributed by atoms with Crippen molar-refractivity contribution in [1.82, 2.24) is 24.6 Å². The molecule has 3 heterocycles. The fourth-order valence-corrected chi connectivity index (χ4v) is 5.63. The van der Waals surface area contributed by atoms with Crippen LogP contribution in [0.25, 0.3) is 11.2 Å². The van der Waals surface area contributed by atoms with Crippen molar-refractivity contribution in [3.8, 4) is 5.75 Å². The third-order valence-corrected chi connectivity index (χ3v) is 7.10. The van der Waals surface area contributed by atoms with Crippen molar-refractivity contribution in [3.63, 3.8) is 0 Å². The van der Waals surface area contributed by atoms with Gasteiger partial charge in [-0.1, -0.05) is 32.0 Å². The van der Waals surface area contributed by atoms with Crippen LogP contribution in [0.15, 0.2) is 43.0 Å². The third-order valence-electron chi connectivity index (χ3n) is 5.41.